The van der Waals surface area contributed by atoms with E-state index in [2.05, 4.69) is 49.8 Å². The molecule has 5 heteroatoms. The molecule has 0 radical (unpaired) electrons. The van der Waals surface area contributed by atoms with Gasteiger partial charge in [0.2, 0.25) is 0 Å². The minimum absolute atomic E-state index is 0.908. The van der Waals surface area contributed by atoms with E-state index in [0.717, 1.165) is 57.8 Å². The third-order valence-electron chi connectivity index (χ3n) is 4.78. The fraction of sp³-hybridized carbons (Fsp3) is 0.444. The topological polar surface area (TPSA) is 53.1 Å². The number of benzene rings is 1. The summed E-state index contributed by atoms with van der Waals surface area (Å²) in [5.41, 5.74) is 5.34. The van der Waals surface area contributed by atoms with Gasteiger partial charge in [-0.05, 0) is 31.0 Å². The zero-order valence-corrected chi connectivity index (χ0v) is 13.4. The highest BCUT2D eigenvalue weighted by molar-refractivity contribution is 5.58. The van der Waals surface area contributed by atoms with Crippen molar-refractivity contribution >= 4 is 11.5 Å². The van der Waals surface area contributed by atoms with Gasteiger partial charge >= 0.3 is 0 Å². The van der Waals surface area contributed by atoms with Gasteiger partial charge < -0.3 is 15.5 Å². The lowest BCUT2D eigenvalue weighted by Crippen LogP contribution is -2.27. The summed E-state index contributed by atoms with van der Waals surface area (Å²) in [4.78, 5) is 11.4. The van der Waals surface area contributed by atoms with Gasteiger partial charge in [0, 0.05) is 43.9 Å². The zero-order chi connectivity index (χ0) is 15.5. The Morgan fingerprint density at radius 3 is 3.00 bits per heavy atom. The number of aromatic nitrogens is 2. The molecule has 0 unspecified atom stereocenters. The van der Waals surface area contributed by atoms with Crippen LogP contribution in [0, 0.1) is 0 Å². The summed E-state index contributed by atoms with van der Waals surface area (Å²) < 4.78 is 0. The predicted molar refractivity (Wildman–Crippen MR) is 93.2 cm³/mol. The van der Waals surface area contributed by atoms with E-state index < -0.39 is 0 Å². The lowest BCUT2D eigenvalue weighted by Gasteiger charge is -2.20. The number of hydrogen-bond acceptors (Lipinski definition) is 5. The van der Waals surface area contributed by atoms with Gasteiger partial charge in [0.25, 0.3) is 0 Å². The molecular formula is C18H23N5. The summed E-state index contributed by atoms with van der Waals surface area (Å²) in [5, 5.41) is 6.97. The second-order valence-corrected chi connectivity index (χ2v) is 6.19. The van der Waals surface area contributed by atoms with Crippen molar-refractivity contribution in [1.29, 1.82) is 0 Å². The van der Waals surface area contributed by atoms with Crippen molar-refractivity contribution in [1.82, 2.24) is 15.3 Å². The summed E-state index contributed by atoms with van der Waals surface area (Å²) in [6.07, 6.45) is 4.85. The molecule has 0 aliphatic carbocycles. The average Bonchev–Trinajstić information content (AvgIpc) is 2.83. The molecule has 0 bridgehead atoms. The van der Waals surface area contributed by atoms with E-state index in [-0.39, 0.29) is 0 Å². The summed E-state index contributed by atoms with van der Waals surface area (Å²) in [6, 6.07) is 8.72. The number of anilines is 2. The number of nitrogens with zero attached hydrogens (tertiary/aromatic N) is 3. The highest BCUT2D eigenvalue weighted by Crippen LogP contribution is 2.27. The van der Waals surface area contributed by atoms with Gasteiger partial charge in [0.15, 0.2) is 0 Å². The largest absolute Gasteiger partial charge is 0.369 e. The van der Waals surface area contributed by atoms with Gasteiger partial charge in [-0.2, -0.15) is 0 Å². The standard InChI is InChI=1S/C18H23N5/c1-2-4-17-14(3-1)7-11-23(17)12-10-20-18-15-5-8-19-9-6-16(15)21-13-22-18/h1-4,13,19H,5-12H2,(H,20,21,22). The highest BCUT2D eigenvalue weighted by atomic mass is 15.2. The minimum Gasteiger partial charge on any atom is -0.369 e. The number of nitrogens with one attached hydrogen (secondary N) is 2. The molecule has 0 saturated carbocycles. The molecule has 5 nitrogen and oxygen atoms in total. The molecule has 1 aromatic carbocycles. The molecule has 0 fully saturated rings. The molecule has 3 heterocycles. The second-order valence-electron chi connectivity index (χ2n) is 6.19. The van der Waals surface area contributed by atoms with E-state index in [1.54, 1.807) is 6.33 Å². The van der Waals surface area contributed by atoms with Crippen molar-refractivity contribution in [2.45, 2.75) is 19.3 Å². The molecule has 0 amide bonds. The maximum atomic E-state index is 4.47. The molecule has 0 saturated heterocycles. The van der Waals surface area contributed by atoms with Crippen LogP contribution in [0.3, 0.4) is 0 Å². The molecule has 2 N–H and O–H groups in total. The van der Waals surface area contributed by atoms with Crippen molar-refractivity contribution in [2.24, 2.45) is 0 Å². The molecule has 2 aliphatic heterocycles. The maximum absolute atomic E-state index is 4.47. The second kappa shape index (κ2) is 6.54. The van der Waals surface area contributed by atoms with Crippen molar-refractivity contribution in [3.8, 4) is 0 Å². The first kappa shape index (κ1) is 14.5. The van der Waals surface area contributed by atoms with E-state index in [9.17, 15) is 0 Å². The van der Waals surface area contributed by atoms with Crippen LogP contribution in [-0.4, -0.2) is 42.7 Å². The van der Waals surface area contributed by atoms with Gasteiger partial charge in [0.05, 0.1) is 5.69 Å². The third-order valence-corrected chi connectivity index (χ3v) is 4.78. The zero-order valence-electron chi connectivity index (χ0n) is 13.4. The molecule has 0 atom stereocenters. The van der Waals surface area contributed by atoms with Gasteiger partial charge in [-0.25, -0.2) is 9.97 Å². The highest BCUT2D eigenvalue weighted by Gasteiger charge is 2.18. The first-order chi connectivity index (χ1) is 11.4. The Labute approximate surface area is 137 Å². The Hall–Kier alpha value is -2.14. The van der Waals surface area contributed by atoms with Crippen LogP contribution in [0.1, 0.15) is 16.8 Å². The smallest absolute Gasteiger partial charge is 0.132 e. The van der Waals surface area contributed by atoms with Gasteiger partial charge in [-0.15, -0.1) is 0 Å². The molecule has 1 aromatic heterocycles. The summed E-state index contributed by atoms with van der Waals surface area (Å²) in [7, 11) is 0. The first-order valence-corrected chi connectivity index (χ1v) is 8.52. The van der Waals surface area contributed by atoms with Crippen LogP contribution in [0.2, 0.25) is 0 Å². The summed E-state index contributed by atoms with van der Waals surface area (Å²) in [6.45, 7) is 5.05. The van der Waals surface area contributed by atoms with Crippen LogP contribution in [-0.2, 0) is 19.3 Å². The number of para-hydroxylation sites is 1. The van der Waals surface area contributed by atoms with Crippen LogP contribution in [0.5, 0.6) is 0 Å². The van der Waals surface area contributed by atoms with Crippen molar-refractivity contribution in [2.75, 3.05) is 42.9 Å². The molecule has 0 spiro atoms. The minimum atomic E-state index is 0.908. The molecule has 4 rings (SSSR count). The maximum Gasteiger partial charge on any atom is 0.132 e. The Morgan fingerprint density at radius 2 is 2.00 bits per heavy atom. The fourth-order valence-corrected chi connectivity index (χ4v) is 3.57. The van der Waals surface area contributed by atoms with Crippen LogP contribution in [0.4, 0.5) is 11.5 Å². The first-order valence-electron chi connectivity index (χ1n) is 8.52. The molecule has 2 aromatic rings. The van der Waals surface area contributed by atoms with E-state index in [1.807, 2.05) is 0 Å². The summed E-state index contributed by atoms with van der Waals surface area (Å²) in [5.74, 6) is 1.02. The Balaban J connectivity index is 1.41. The lowest BCUT2D eigenvalue weighted by molar-refractivity contribution is 0.708. The molecular weight excluding hydrogens is 286 g/mol. The predicted octanol–water partition coefficient (Wildman–Crippen LogP) is 1.64. The van der Waals surface area contributed by atoms with Crippen LogP contribution in [0.25, 0.3) is 0 Å². The molecule has 120 valence electrons. The van der Waals surface area contributed by atoms with E-state index >= 15 is 0 Å². The number of rotatable bonds is 4. The fourth-order valence-electron chi connectivity index (χ4n) is 3.57. The molecule has 2 aliphatic rings. The van der Waals surface area contributed by atoms with Gasteiger partial charge in [0.1, 0.15) is 12.1 Å². The van der Waals surface area contributed by atoms with Crippen LogP contribution < -0.4 is 15.5 Å². The Bertz CT molecular complexity index is 685. The van der Waals surface area contributed by atoms with E-state index in [1.165, 1.54) is 22.5 Å². The quantitative estimate of drug-likeness (QED) is 0.899. The van der Waals surface area contributed by atoms with Crippen molar-refractivity contribution in [3.05, 3.63) is 47.4 Å². The van der Waals surface area contributed by atoms with E-state index in [4.69, 9.17) is 0 Å². The van der Waals surface area contributed by atoms with Crippen molar-refractivity contribution in [3.63, 3.8) is 0 Å². The number of fused-ring (bicyclic) bond motifs is 2. The van der Waals surface area contributed by atoms with Crippen LogP contribution >= 0.6 is 0 Å². The van der Waals surface area contributed by atoms with E-state index in [0.29, 0.717) is 0 Å². The molecule has 23 heavy (non-hydrogen) atoms. The monoisotopic (exact) mass is 309 g/mol. The lowest BCUT2D eigenvalue weighted by atomic mass is 10.1. The normalized spacial score (nSPS) is 16.6. The average molecular weight is 309 g/mol. The van der Waals surface area contributed by atoms with Gasteiger partial charge in [-0.3, -0.25) is 0 Å². The SMILES string of the molecule is c1ccc2c(c1)CCN2CCNc1ncnc2c1CCNCC2. The van der Waals surface area contributed by atoms with Gasteiger partial charge in [-0.1, -0.05) is 18.2 Å². The summed E-state index contributed by atoms with van der Waals surface area (Å²) >= 11 is 0. The number of hydrogen-bond donors (Lipinski definition) is 2. The van der Waals surface area contributed by atoms with Crippen molar-refractivity contribution < 1.29 is 0 Å². The van der Waals surface area contributed by atoms with Crippen LogP contribution in [0.15, 0.2) is 30.6 Å². The Kier molecular flexibility index (Phi) is 4.11. The Morgan fingerprint density at radius 1 is 1.09 bits per heavy atom. The third kappa shape index (κ3) is 3.01.